The molecule has 0 amide bonds. The van der Waals surface area contributed by atoms with Gasteiger partial charge in [-0.05, 0) is 30.6 Å². The van der Waals surface area contributed by atoms with E-state index in [9.17, 15) is 29.1 Å². The van der Waals surface area contributed by atoms with Crippen molar-refractivity contribution in [3.63, 3.8) is 0 Å². The second-order valence-corrected chi connectivity index (χ2v) is 12.4. The van der Waals surface area contributed by atoms with E-state index in [-0.39, 0.29) is 29.7 Å². The number of carbonyl (C=O) groups is 5. The summed E-state index contributed by atoms with van der Waals surface area (Å²) < 4.78 is 23.3. The normalized spacial score (nSPS) is 42.8. The number of aliphatic hydroxyl groups is 1. The van der Waals surface area contributed by atoms with E-state index >= 15 is 0 Å². The van der Waals surface area contributed by atoms with Crippen LogP contribution in [0.4, 0.5) is 0 Å². The van der Waals surface area contributed by atoms with Crippen molar-refractivity contribution in [1.82, 2.24) is 0 Å². The molecule has 1 N–H and O–H groups in total. The first-order valence-corrected chi connectivity index (χ1v) is 13.1. The zero-order chi connectivity index (χ0) is 28.6. The molecule has 10 heteroatoms. The van der Waals surface area contributed by atoms with Gasteiger partial charge in [-0.1, -0.05) is 27.4 Å². The van der Waals surface area contributed by atoms with Crippen molar-refractivity contribution in [3.05, 3.63) is 12.2 Å². The zero-order valence-electron chi connectivity index (χ0n) is 23.1. The second kappa shape index (κ2) is 8.89. The van der Waals surface area contributed by atoms with Crippen molar-refractivity contribution in [1.29, 1.82) is 0 Å². The van der Waals surface area contributed by atoms with Crippen LogP contribution in [0.5, 0.6) is 0 Å². The molecule has 0 aromatic rings. The molecule has 0 saturated heterocycles. The van der Waals surface area contributed by atoms with Gasteiger partial charge in [-0.2, -0.15) is 0 Å². The van der Waals surface area contributed by atoms with Gasteiger partial charge in [-0.3, -0.25) is 24.0 Å². The van der Waals surface area contributed by atoms with Crippen LogP contribution in [0.15, 0.2) is 12.2 Å². The molecule has 0 radical (unpaired) electrons. The molecule has 0 aromatic carbocycles. The van der Waals surface area contributed by atoms with E-state index in [4.69, 9.17) is 18.9 Å². The fourth-order valence-electron chi connectivity index (χ4n) is 8.70. The highest BCUT2D eigenvalue weighted by atomic mass is 16.6. The van der Waals surface area contributed by atoms with E-state index in [2.05, 4.69) is 20.4 Å². The average molecular weight is 535 g/mol. The van der Waals surface area contributed by atoms with Crippen LogP contribution >= 0.6 is 0 Å². The summed E-state index contributed by atoms with van der Waals surface area (Å²) in [6.07, 6.45) is -3.22. The fourth-order valence-corrected chi connectivity index (χ4v) is 8.70. The summed E-state index contributed by atoms with van der Waals surface area (Å²) in [6.45, 7) is 14.9. The van der Waals surface area contributed by atoms with Gasteiger partial charge in [0, 0.05) is 51.0 Å². The van der Waals surface area contributed by atoms with E-state index < -0.39 is 76.4 Å². The van der Waals surface area contributed by atoms with Crippen LogP contribution in [0.2, 0.25) is 0 Å². The van der Waals surface area contributed by atoms with Crippen LogP contribution < -0.4 is 0 Å². The molecule has 210 valence electrons. The van der Waals surface area contributed by atoms with Gasteiger partial charge >= 0.3 is 23.9 Å². The number of ether oxygens (including phenoxy) is 4. The van der Waals surface area contributed by atoms with Crippen LogP contribution in [0.25, 0.3) is 0 Å². The first kappa shape index (κ1) is 28.3. The summed E-state index contributed by atoms with van der Waals surface area (Å²) in [4.78, 5) is 63.9. The Morgan fingerprint density at radius 3 is 1.92 bits per heavy atom. The summed E-state index contributed by atoms with van der Waals surface area (Å²) in [6, 6.07) is 0. The zero-order valence-corrected chi connectivity index (χ0v) is 23.1. The van der Waals surface area contributed by atoms with Gasteiger partial charge in [-0.25, -0.2) is 0 Å². The Morgan fingerprint density at radius 2 is 1.39 bits per heavy atom. The van der Waals surface area contributed by atoms with Gasteiger partial charge < -0.3 is 24.1 Å². The van der Waals surface area contributed by atoms with E-state index in [1.807, 2.05) is 6.92 Å². The van der Waals surface area contributed by atoms with Gasteiger partial charge in [0.15, 0.2) is 11.9 Å². The standard InChI is InChI=1S/C28H38O10/c1-13-23(33)28-21(37-16(4)31)11-19-25(6,7)10-9-20(36-15(3)30)26(19,8)22(28)18(35-14(2)29)12-27(13,34)24(28)38-17(5)32/h18-22,24,34H,1,9-12H2,2-8H3/t18?,19?,20-,21-,22?,24?,26+,27-,28?/m1/s1. The third kappa shape index (κ3) is 3.73. The second-order valence-electron chi connectivity index (χ2n) is 12.4. The Bertz CT molecular complexity index is 1110. The summed E-state index contributed by atoms with van der Waals surface area (Å²) in [5.74, 6) is -4.34. The average Bonchev–Trinajstić information content (AvgIpc) is 2.85. The molecular formula is C28H38O10. The third-order valence-corrected chi connectivity index (χ3v) is 9.77. The van der Waals surface area contributed by atoms with Crippen molar-refractivity contribution < 1.29 is 48.0 Å². The van der Waals surface area contributed by atoms with E-state index in [1.54, 1.807) is 0 Å². The molecule has 4 aliphatic rings. The largest absolute Gasteiger partial charge is 0.462 e. The van der Waals surface area contributed by atoms with Crippen molar-refractivity contribution >= 4 is 29.7 Å². The molecule has 2 bridgehead atoms. The molecule has 4 rings (SSSR count). The van der Waals surface area contributed by atoms with Gasteiger partial charge in [0.1, 0.15) is 29.3 Å². The SMILES string of the molecule is C=C1C(=O)C23C(C(OC(C)=O)C[C@]1(O)C2OC(C)=O)[C@@]1(C)C(C[C@H]3OC(C)=O)C(C)(C)CC[C@H]1OC(C)=O. The van der Waals surface area contributed by atoms with Gasteiger partial charge in [0.2, 0.25) is 0 Å². The minimum absolute atomic E-state index is 0.178. The predicted molar refractivity (Wildman–Crippen MR) is 131 cm³/mol. The number of hydrogen-bond acceptors (Lipinski definition) is 10. The van der Waals surface area contributed by atoms with Crippen molar-refractivity contribution in [2.75, 3.05) is 0 Å². The Hall–Kier alpha value is -2.75. The summed E-state index contributed by atoms with van der Waals surface area (Å²) >= 11 is 0. The molecule has 1 spiro atoms. The minimum Gasteiger partial charge on any atom is -0.462 e. The van der Waals surface area contributed by atoms with Gasteiger partial charge in [-0.15, -0.1) is 0 Å². The number of carbonyl (C=O) groups excluding carboxylic acids is 5. The quantitative estimate of drug-likeness (QED) is 0.325. The van der Waals surface area contributed by atoms with Crippen LogP contribution in [-0.2, 0) is 42.9 Å². The highest BCUT2D eigenvalue weighted by Gasteiger charge is 2.84. The number of rotatable bonds is 4. The molecule has 38 heavy (non-hydrogen) atoms. The van der Waals surface area contributed by atoms with Crippen LogP contribution in [0, 0.1) is 28.1 Å². The maximum atomic E-state index is 14.4. The third-order valence-electron chi connectivity index (χ3n) is 9.77. The lowest BCUT2D eigenvalue weighted by Crippen LogP contribution is -2.76. The van der Waals surface area contributed by atoms with E-state index in [1.165, 1.54) is 27.7 Å². The highest BCUT2D eigenvalue weighted by Crippen LogP contribution is 2.73. The lowest BCUT2D eigenvalue weighted by atomic mass is 9.38. The van der Waals surface area contributed by atoms with Crippen molar-refractivity contribution in [3.8, 4) is 0 Å². The van der Waals surface area contributed by atoms with E-state index in [0.717, 1.165) is 0 Å². The maximum Gasteiger partial charge on any atom is 0.303 e. The summed E-state index contributed by atoms with van der Waals surface area (Å²) in [7, 11) is 0. The number of Topliss-reactive ketones (excluding diaryl/α,β-unsaturated/α-hetero) is 1. The first-order valence-electron chi connectivity index (χ1n) is 13.1. The van der Waals surface area contributed by atoms with Crippen molar-refractivity contribution in [2.24, 2.45) is 28.1 Å². The maximum absolute atomic E-state index is 14.4. The lowest BCUT2D eigenvalue weighted by Gasteiger charge is -2.68. The number of hydrogen-bond donors (Lipinski definition) is 1. The molecule has 4 aliphatic carbocycles. The molecule has 4 saturated carbocycles. The number of ketones is 1. The lowest BCUT2D eigenvalue weighted by molar-refractivity contribution is -0.298. The van der Waals surface area contributed by atoms with Crippen LogP contribution in [0.3, 0.4) is 0 Å². The molecular weight excluding hydrogens is 496 g/mol. The summed E-state index contributed by atoms with van der Waals surface area (Å²) in [5.41, 5.74) is -5.41. The molecule has 9 atom stereocenters. The topological polar surface area (TPSA) is 143 Å². The Labute approximate surface area is 222 Å². The Balaban J connectivity index is 2.09. The Kier molecular flexibility index (Phi) is 6.61. The van der Waals surface area contributed by atoms with Crippen molar-refractivity contribution in [2.45, 2.75) is 104 Å². The summed E-state index contributed by atoms with van der Waals surface area (Å²) in [5, 5.41) is 11.9. The van der Waals surface area contributed by atoms with Gasteiger partial charge in [0.05, 0.1) is 0 Å². The fraction of sp³-hybridized carbons (Fsp3) is 0.750. The number of fused-ring (bicyclic) bond motifs is 3. The molecule has 0 aliphatic heterocycles. The highest BCUT2D eigenvalue weighted by molar-refractivity contribution is 6.07. The minimum atomic E-state index is -2.05. The smallest absolute Gasteiger partial charge is 0.303 e. The molecule has 10 nitrogen and oxygen atoms in total. The molecule has 0 aromatic heterocycles. The molecule has 4 fully saturated rings. The van der Waals surface area contributed by atoms with Crippen LogP contribution in [-0.4, -0.2) is 64.8 Å². The van der Waals surface area contributed by atoms with E-state index in [0.29, 0.717) is 12.8 Å². The first-order chi connectivity index (χ1) is 17.4. The molecule has 5 unspecified atom stereocenters. The number of esters is 4. The Morgan fingerprint density at radius 1 is 0.868 bits per heavy atom. The monoisotopic (exact) mass is 534 g/mol. The molecule has 0 heterocycles. The van der Waals surface area contributed by atoms with Gasteiger partial charge in [0.25, 0.3) is 0 Å². The van der Waals surface area contributed by atoms with Crippen LogP contribution in [0.1, 0.15) is 74.1 Å². The predicted octanol–water partition coefficient (Wildman–Crippen LogP) is 2.44.